The standard InChI is InChI=1S/C19H22F2N6/c1-10-5-16(23-11(2)22-10)26-8-13-6-14(9-26)27(13)17-7-15(18(20)21)24-19(25-17)12-3-4-12/h5,7,12-14,18H,3-4,6,8-9H2,1-2H3. The topological polar surface area (TPSA) is 58.0 Å². The van der Waals surface area contributed by atoms with Gasteiger partial charge in [-0.1, -0.05) is 0 Å². The first kappa shape index (κ1) is 16.8. The van der Waals surface area contributed by atoms with E-state index in [1.807, 2.05) is 19.9 Å². The molecule has 3 saturated heterocycles. The minimum atomic E-state index is -2.56. The lowest BCUT2D eigenvalue weighted by atomic mass is 9.87. The fourth-order valence-corrected chi connectivity index (χ4v) is 4.27. The predicted molar refractivity (Wildman–Crippen MR) is 97.4 cm³/mol. The van der Waals surface area contributed by atoms with Crippen molar-refractivity contribution in [2.75, 3.05) is 22.9 Å². The van der Waals surface area contributed by atoms with Crippen molar-refractivity contribution in [3.8, 4) is 0 Å². The van der Waals surface area contributed by atoms with E-state index in [2.05, 4.69) is 29.7 Å². The lowest BCUT2D eigenvalue weighted by molar-refractivity contribution is 0.145. The number of piperidine rings is 1. The number of halogens is 2. The molecule has 0 radical (unpaired) electrons. The predicted octanol–water partition coefficient (Wildman–Crippen LogP) is 3.17. The Bertz CT molecular complexity index is 832. The van der Waals surface area contributed by atoms with Gasteiger partial charge in [0.05, 0.1) is 12.1 Å². The van der Waals surface area contributed by atoms with Gasteiger partial charge in [-0.2, -0.15) is 0 Å². The Morgan fingerprint density at radius 1 is 0.963 bits per heavy atom. The Hall–Kier alpha value is -2.38. The van der Waals surface area contributed by atoms with Crippen LogP contribution < -0.4 is 9.80 Å². The third-order valence-electron chi connectivity index (χ3n) is 5.65. The minimum absolute atomic E-state index is 0.147. The molecule has 1 aliphatic carbocycles. The molecule has 0 amide bonds. The molecule has 3 aliphatic heterocycles. The molecule has 0 aromatic carbocycles. The van der Waals surface area contributed by atoms with E-state index in [0.717, 1.165) is 49.7 Å². The minimum Gasteiger partial charge on any atom is -0.352 e. The first-order valence-electron chi connectivity index (χ1n) is 9.50. The molecule has 27 heavy (non-hydrogen) atoms. The van der Waals surface area contributed by atoms with Crippen molar-refractivity contribution in [2.45, 2.75) is 57.5 Å². The van der Waals surface area contributed by atoms with Gasteiger partial charge in [0.25, 0.3) is 6.43 Å². The highest BCUT2D eigenvalue weighted by Crippen LogP contribution is 2.42. The maximum atomic E-state index is 13.3. The zero-order chi connectivity index (χ0) is 18.7. The van der Waals surface area contributed by atoms with Gasteiger partial charge in [-0.3, -0.25) is 0 Å². The lowest BCUT2D eigenvalue weighted by Gasteiger charge is -2.57. The number of anilines is 2. The SMILES string of the molecule is Cc1cc(N2CC3CC(C2)N3c2cc(C(F)F)nc(C3CC3)n2)nc(C)n1. The van der Waals surface area contributed by atoms with Crippen LogP contribution in [0.25, 0.3) is 0 Å². The van der Waals surface area contributed by atoms with Crippen molar-refractivity contribution in [1.29, 1.82) is 0 Å². The number of nitrogens with zero attached hydrogens (tertiary/aromatic N) is 6. The van der Waals surface area contributed by atoms with Crippen LogP contribution >= 0.6 is 0 Å². The van der Waals surface area contributed by atoms with Crippen molar-refractivity contribution >= 4 is 11.6 Å². The molecule has 0 spiro atoms. The maximum Gasteiger partial charge on any atom is 0.280 e. The molecule has 1 saturated carbocycles. The molecular formula is C19H22F2N6. The summed E-state index contributed by atoms with van der Waals surface area (Å²) in [4.78, 5) is 22.1. The number of rotatable bonds is 4. The highest BCUT2D eigenvalue weighted by molar-refractivity contribution is 5.53. The summed E-state index contributed by atoms with van der Waals surface area (Å²) in [5, 5.41) is 0. The fourth-order valence-electron chi connectivity index (χ4n) is 4.27. The summed E-state index contributed by atoms with van der Waals surface area (Å²) in [6.45, 7) is 5.51. The summed E-state index contributed by atoms with van der Waals surface area (Å²) in [7, 11) is 0. The molecule has 0 N–H and O–H groups in total. The first-order valence-corrected chi connectivity index (χ1v) is 9.50. The zero-order valence-electron chi connectivity index (χ0n) is 15.4. The summed E-state index contributed by atoms with van der Waals surface area (Å²) >= 11 is 0. The average molecular weight is 372 g/mol. The lowest BCUT2D eigenvalue weighted by Crippen LogP contribution is -2.69. The van der Waals surface area contributed by atoms with Crippen LogP contribution in [-0.2, 0) is 0 Å². The largest absolute Gasteiger partial charge is 0.352 e. The van der Waals surface area contributed by atoms with Crippen molar-refractivity contribution in [3.05, 3.63) is 35.2 Å². The molecule has 2 atom stereocenters. The van der Waals surface area contributed by atoms with E-state index in [1.165, 1.54) is 6.07 Å². The fraction of sp³-hybridized carbons (Fsp3) is 0.579. The van der Waals surface area contributed by atoms with Crippen molar-refractivity contribution in [2.24, 2.45) is 0 Å². The smallest absolute Gasteiger partial charge is 0.280 e. The summed E-state index contributed by atoms with van der Waals surface area (Å²) < 4.78 is 26.6. The number of fused-ring (bicyclic) bond motifs is 2. The summed E-state index contributed by atoms with van der Waals surface area (Å²) in [5.41, 5.74) is 0.811. The van der Waals surface area contributed by atoms with Crippen LogP contribution in [0.2, 0.25) is 0 Å². The van der Waals surface area contributed by atoms with Crippen LogP contribution in [0, 0.1) is 13.8 Å². The van der Waals surface area contributed by atoms with Gasteiger partial charge in [-0.05, 0) is 33.1 Å². The third-order valence-corrected chi connectivity index (χ3v) is 5.65. The van der Waals surface area contributed by atoms with Gasteiger partial charge in [0, 0.05) is 36.8 Å². The molecule has 2 bridgehead atoms. The van der Waals surface area contributed by atoms with Crippen molar-refractivity contribution in [3.63, 3.8) is 0 Å². The highest BCUT2D eigenvalue weighted by Gasteiger charge is 2.46. The molecule has 2 aromatic heterocycles. The Balaban J connectivity index is 1.40. The monoisotopic (exact) mass is 372 g/mol. The molecule has 2 aromatic rings. The van der Waals surface area contributed by atoms with Crippen LogP contribution in [0.15, 0.2) is 12.1 Å². The average Bonchev–Trinajstić information content (AvgIpc) is 3.46. The second kappa shape index (κ2) is 6.07. The summed E-state index contributed by atoms with van der Waals surface area (Å²) in [5.74, 6) is 3.23. The molecule has 5 heterocycles. The normalized spacial score (nSPS) is 24.3. The number of alkyl halides is 2. The first-order chi connectivity index (χ1) is 13.0. The van der Waals surface area contributed by atoms with Crippen LogP contribution in [0.3, 0.4) is 0 Å². The van der Waals surface area contributed by atoms with E-state index in [1.54, 1.807) is 0 Å². The van der Waals surface area contributed by atoms with Gasteiger partial charge in [-0.15, -0.1) is 0 Å². The van der Waals surface area contributed by atoms with Crippen LogP contribution in [-0.4, -0.2) is 45.1 Å². The summed E-state index contributed by atoms with van der Waals surface area (Å²) in [6.07, 6.45) is 0.499. The Kier molecular flexibility index (Phi) is 3.77. The Labute approximate surface area is 156 Å². The number of aryl methyl sites for hydroxylation is 2. The van der Waals surface area contributed by atoms with E-state index in [9.17, 15) is 8.78 Å². The van der Waals surface area contributed by atoms with Crippen molar-refractivity contribution in [1.82, 2.24) is 19.9 Å². The van der Waals surface area contributed by atoms with Gasteiger partial charge < -0.3 is 9.80 Å². The van der Waals surface area contributed by atoms with Crippen LogP contribution in [0.5, 0.6) is 0 Å². The number of aromatic nitrogens is 4. The highest BCUT2D eigenvalue weighted by atomic mass is 19.3. The zero-order valence-corrected chi connectivity index (χ0v) is 15.4. The quantitative estimate of drug-likeness (QED) is 0.822. The van der Waals surface area contributed by atoms with E-state index in [4.69, 9.17) is 0 Å². The van der Waals surface area contributed by atoms with Gasteiger partial charge in [0.15, 0.2) is 0 Å². The Morgan fingerprint density at radius 2 is 1.70 bits per heavy atom. The number of piperazine rings is 1. The van der Waals surface area contributed by atoms with Gasteiger partial charge >= 0.3 is 0 Å². The second-order valence-electron chi connectivity index (χ2n) is 7.85. The third kappa shape index (κ3) is 3.00. The Morgan fingerprint density at radius 3 is 2.33 bits per heavy atom. The molecule has 4 fully saturated rings. The molecule has 4 aliphatic rings. The van der Waals surface area contributed by atoms with E-state index in [-0.39, 0.29) is 23.7 Å². The van der Waals surface area contributed by atoms with Crippen LogP contribution in [0.4, 0.5) is 20.4 Å². The molecular weight excluding hydrogens is 350 g/mol. The van der Waals surface area contributed by atoms with Gasteiger partial charge in [0.2, 0.25) is 0 Å². The molecule has 142 valence electrons. The summed E-state index contributed by atoms with van der Waals surface area (Å²) in [6, 6.07) is 4.02. The molecule has 6 rings (SSSR count). The van der Waals surface area contributed by atoms with E-state index < -0.39 is 6.43 Å². The molecule has 2 unspecified atom stereocenters. The van der Waals surface area contributed by atoms with E-state index in [0.29, 0.717) is 11.6 Å². The van der Waals surface area contributed by atoms with Gasteiger partial charge in [0.1, 0.15) is 29.0 Å². The van der Waals surface area contributed by atoms with E-state index >= 15 is 0 Å². The van der Waals surface area contributed by atoms with Gasteiger partial charge in [-0.25, -0.2) is 28.7 Å². The molecule has 8 heteroatoms. The number of hydrogen-bond donors (Lipinski definition) is 0. The van der Waals surface area contributed by atoms with Crippen molar-refractivity contribution < 1.29 is 8.78 Å². The second-order valence-corrected chi connectivity index (χ2v) is 7.85. The maximum absolute atomic E-state index is 13.3. The molecule has 6 nitrogen and oxygen atoms in total. The number of hydrogen-bond acceptors (Lipinski definition) is 6. The van der Waals surface area contributed by atoms with Crippen LogP contribution in [0.1, 0.15) is 54.6 Å².